The molecular weight excluding hydrogens is 881 g/mol. The van der Waals surface area contributed by atoms with E-state index < -0.39 is 58.0 Å². The van der Waals surface area contributed by atoms with Crippen molar-refractivity contribution in [2.45, 2.75) is 211 Å². The van der Waals surface area contributed by atoms with E-state index in [4.69, 9.17) is 4.74 Å². The summed E-state index contributed by atoms with van der Waals surface area (Å²) in [7, 11) is 0. The summed E-state index contributed by atoms with van der Waals surface area (Å²) < 4.78 is 6.08. The fourth-order valence-electron chi connectivity index (χ4n) is 18.2. The van der Waals surface area contributed by atoms with Crippen LogP contribution in [0.1, 0.15) is 193 Å². The molecule has 0 spiro atoms. The third kappa shape index (κ3) is 7.43. The van der Waals surface area contributed by atoms with E-state index in [0.29, 0.717) is 61.4 Å². The average molecular weight is 969 g/mol. The highest BCUT2D eigenvalue weighted by molar-refractivity contribution is 6.12. The maximum absolute atomic E-state index is 14.5. The Balaban J connectivity index is 0.912. The van der Waals surface area contributed by atoms with Crippen molar-refractivity contribution in [2.75, 3.05) is 6.61 Å². The number of aliphatic hydroxyl groups excluding tert-OH is 2. The monoisotopic (exact) mass is 969 g/mol. The Kier molecular flexibility index (Phi) is 13.1. The second kappa shape index (κ2) is 17.2. The van der Waals surface area contributed by atoms with Gasteiger partial charge in [0.2, 0.25) is 0 Å². The number of esters is 1. The van der Waals surface area contributed by atoms with Crippen molar-refractivity contribution < 1.29 is 48.8 Å². The van der Waals surface area contributed by atoms with Crippen LogP contribution >= 0.6 is 0 Å². The number of ketones is 5. The molecule has 0 aromatic rings. The average Bonchev–Trinajstić information content (AvgIpc) is 3.67. The van der Waals surface area contributed by atoms with E-state index in [1.165, 1.54) is 18.1 Å². The van der Waals surface area contributed by atoms with Crippen LogP contribution in [0.25, 0.3) is 0 Å². The van der Waals surface area contributed by atoms with Gasteiger partial charge >= 0.3 is 5.97 Å². The zero-order chi connectivity index (χ0) is 51.9. The van der Waals surface area contributed by atoms with Crippen LogP contribution < -0.4 is 0 Å². The fraction of sp³-hybridized carbons (Fsp3) is 0.800. The SMILES string of the molecule is C[C@H](CC[C@H](OC(=O)[C@@H](C)CC(=O)C[C@@H](C)[C@H]1C[C@@H](O)[C@@]2(C)C3=C(C(=O)C[C@]12C)[C@@]1(C)CCC(=O)C(C)(C)[C@@H]1CC3=O)[C@](C)(O)CO)[C@H]1CC[C@@]2(C)C3=CC[C@H]4C(C)(C)C(=O)CCC4(C)C3=CCC12C. The highest BCUT2D eigenvalue weighted by Crippen LogP contribution is 2.73. The number of rotatable bonds is 13. The van der Waals surface area contributed by atoms with Crippen molar-refractivity contribution in [2.24, 2.45) is 84.7 Å². The molecule has 388 valence electrons. The van der Waals surface area contributed by atoms with E-state index in [1.54, 1.807) is 6.92 Å². The number of hydrogen-bond donors (Lipinski definition) is 3. The van der Waals surface area contributed by atoms with Crippen LogP contribution in [0.2, 0.25) is 0 Å². The Morgan fingerprint density at radius 2 is 1.36 bits per heavy atom. The lowest BCUT2D eigenvalue weighted by Gasteiger charge is -2.59. The first kappa shape index (κ1) is 53.2. The van der Waals surface area contributed by atoms with E-state index in [9.17, 15) is 44.1 Å². The van der Waals surface area contributed by atoms with Gasteiger partial charge in [-0.25, -0.2) is 0 Å². The van der Waals surface area contributed by atoms with Crippen LogP contribution in [0.15, 0.2) is 34.4 Å². The van der Waals surface area contributed by atoms with E-state index in [-0.39, 0.29) is 100 Å². The largest absolute Gasteiger partial charge is 0.459 e. The summed E-state index contributed by atoms with van der Waals surface area (Å²) in [6.45, 7) is 28.2. The summed E-state index contributed by atoms with van der Waals surface area (Å²) >= 11 is 0. The molecule has 0 bridgehead atoms. The van der Waals surface area contributed by atoms with Crippen molar-refractivity contribution >= 4 is 34.9 Å². The number of hydrogen-bond acceptors (Lipinski definition) is 10. The summed E-state index contributed by atoms with van der Waals surface area (Å²) in [5, 5.41) is 33.8. The lowest BCUT2D eigenvalue weighted by Crippen LogP contribution is -2.59. The first-order chi connectivity index (χ1) is 32.2. The third-order valence-electron chi connectivity index (χ3n) is 23.3. The standard InChI is InChI=1S/C60H88O10/c1-33(37-19-25-57(11)39-16-17-43-52(4,5)45(65)21-23-54(43,8)38(39)20-26-56(37,57)10)15-18-48(59(13,69)32-61)70-51(68)35(3)28-36(62)27-34(2)40-29-47(67)60(14)50-41(63)30-44-53(6,7)46(66)22-24-55(44,9)49(50)42(64)31-58(40,60)12/h16,20,33-35,37,40,43-44,47-48,61,67,69H,15,17-19,21-32H2,1-14H3/t33-,34-,35+,37-,40-,43+,44+,47-,48+,54?,55+,56?,57+,58-,59-,60+/m1/s1. The molecule has 0 radical (unpaired) electrons. The quantitative estimate of drug-likeness (QED) is 0.151. The minimum absolute atomic E-state index is 0.00756. The van der Waals surface area contributed by atoms with E-state index in [1.807, 2.05) is 41.5 Å². The van der Waals surface area contributed by atoms with Crippen LogP contribution in [0.5, 0.6) is 0 Å². The predicted octanol–water partition coefficient (Wildman–Crippen LogP) is 10.4. The maximum Gasteiger partial charge on any atom is 0.309 e. The summed E-state index contributed by atoms with van der Waals surface area (Å²) in [5.41, 5.74) is -1.42. The van der Waals surface area contributed by atoms with Gasteiger partial charge in [0.05, 0.1) is 18.6 Å². The Morgan fingerprint density at radius 1 is 0.743 bits per heavy atom. The van der Waals surface area contributed by atoms with Crippen molar-refractivity contribution in [1.29, 1.82) is 0 Å². The smallest absolute Gasteiger partial charge is 0.309 e. The summed E-state index contributed by atoms with van der Waals surface area (Å²) in [6.07, 6.45) is 11.1. The third-order valence-corrected chi connectivity index (χ3v) is 23.3. The first-order valence-electron chi connectivity index (χ1n) is 27.3. The van der Waals surface area contributed by atoms with E-state index in [0.717, 1.165) is 32.1 Å². The summed E-state index contributed by atoms with van der Waals surface area (Å²) in [6, 6.07) is 0. The minimum atomic E-state index is -1.70. The number of carbonyl (C=O) groups is 6. The molecule has 4 saturated carbocycles. The van der Waals surface area contributed by atoms with Gasteiger partial charge in [-0.05, 0) is 133 Å². The molecule has 0 saturated heterocycles. The van der Waals surface area contributed by atoms with Crippen molar-refractivity contribution in [3.05, 3.63) is 34.4 Å². The van der Waals surface area contributed by atoms with Gasteiger partial charge in [0.15, 0.2) is 11.6 Å². The fourth-order valence-corrected chi connectivity index (χ4v) is 18.2. The Labute approximate surface area is 419 Å². The molecule has 3 N–H and O–H groups in total. The van der Waals surface area contributed by atoms with Gasteiger partial charge in [0.25, 0.3) is 0 Å². The van der Waals surface area contributed by atoms with Crippen LogP contribution in [0.4, 0.5) is 0 Å². The van der Waals surface area contributed by atoms with E-state index in [2.05, 4.69) is 53.7 Å². The molecule has 10 heteroatoms. The number of Topliss-reactive ketones (excluding diaryl/α,β-unsaturated/α-hetero) is 5. The second-order valence-electron chi connectivity index (χ2n) is 27.6. The molecular formula is C60H88O10. The lowest BCUT2D eigenvalue weighted by molar-refractivity contribution is -0.174. The molecule has 0 aromatic carbocycles. The first-order valence-corrected chi connectivity index (χ1v) is 27.3. The topological polar surface area (TPSA) is 172 Å². The molecule has 16 atom stereocenters. The van der Waals surface area contributed by atoms with Gasteiger partial charge in [-0.1, -0.05) is 102 Å². The number of fused-ring (bicyclic) bond motifs is 9. The number of allylic oxidation sites excluding steroid dienone is 5. The lowest BCUT2D eigenvalue weighted by atomic mass is 9.42. The van der Waals surface area contributed by atoms with Crippen LogP contribution in [0.3, 0.4) is 0 Å². The van der Waals surface area contributed by atoms with Gasteiger partial charge < -0.3 is 20.1 Å². The van der Waals surface area contributed by atoms with E-state index >= 15 is 0 Å². The zero-order valence-electron chi connectivity index (χ0n) is 45.4. The van der Waals surface area contributed by atoms with Crippen LogP contribution in [-0.4, -0.2) is 74.6 Å². The molecule has 8 aliphatic rings. The van der Waals surface area contributed by atoms with Crippen LogP contribution in [-0.2, 0) is 33.5 Å². The molecule has 2 unspecified atom stereocenters. The normalized spacial score (nSPS) is 42.1. The van der Waals surface area contributed by atoms with Crippen LogP contribution in [0, 0.1) is 84.7 Å². The van der Waals surface area contributed by atoms with Gasteiger partial charge in [-0.3, -0.25) is 28.8 Å². The second-order valence-corrected chi connectivity index (χ2v) is 27.6. The molecule has 0 aromatic heterocycles. The zero-order valence-corrected chi connectivity index (χ0v) is 45.4. The van der Waals surface area contributed by atoms with Crippen molar-refractivity contribution in [3.63, 3.8) is 0 Å². The highest BCUT2D eigenvalue weighted by Gasteiger charge is 2.71. The molecule has 8 rings (SSSR count). The molecule has 70 heavy (non-hydrogen) atoms. The summed E-state index contributed by atoms with van der Waals surface area (Å²) in [4.78, 5) is 82.9. The van der Waals surface area contributed by atoms with Gasteiger partial charge in [-0.2, -0.15) is 0 Å². The Hall–Kier alpha value is -3.08. The van der Waals surface area contributed by atoms with Crippen molar-refractivity contribution in [1.82, 2.24) is 0 Å². The number of ether oxygens (including phenoxy) is 1. The molecule has 0 amide bonds. The number of aliphatic hydroxyl groups is 3. The highest BCUT2D eigenvalue weighted by atomic mass is 16.6. The Bertz CT molecular complexity index is 2350. The Morgan fingerprint density at radius 3 is 1.99 bits per heavy atom. The summed E-state index contributed by atoms with van der Waals surface area (Å²) in [5.74, 6) is -1.26. The minimum Gasteiger partial charge on any atom is -0.459 e. The molecule has 8 aliphatic carbocycles. The van der Waals surface area contributed by atoms with Crippen molar-refractivity contribution in [3.8, 4) is 0 Å². The maximum atomic E-state index is 14.5. The van der Waals surface area contributed by atoms with Gasteiger partial charge in [0.1, 0.15) is 29.1 Å². The molecule has 4 fully saturated rings. The van der Waals surface area contributed by atoms with Gasteiger partial charge in [0, 0.05) is 71.3 Å². The molecule has 0 aliphatic heterocycles. The predicted molar refractivity (Wildman–Crippen MR) is 269 cm³/mol. The molecule has 0 heterocycles. The molecule has 10 nitrogen and oxygen atoms in total. The number of carbonyl (C=O) groups excluding carboxylic acids is 6. The van der Waals surface area contributed by atoms with Gasteiger partial charge in [-0.15, -0.1) is 0 Å².